The predicted octanol–water partition coefficient (Wildman–Crippen LogP) is 1.20. The minimum absolute atomic E-state index is 0.00340. The first-order valence-corrected chi connectivity index (χ1v) is 7.38. The molecule has 0 bridgehead atoms. The largest absolute Gasteiger partial charge is 0.593 e. The van der Waals surface area contributed by atoms with Crippen molar-refractivity contribution in [2.75, 3.05) is 14.1 Å². The third-order valence-corrected chi connectivity index (χ3v) is 4.35. The van der Waals surface area contributed by atoms with Crippen molar-refractivity contribution in [3.8, 4) is 0 Å². The monoisotopic (exact) mass is 267 g/mol. The first-order chi connectivity index (χ1) is 6.82. The van der Waals surface area contributed by atoms with Gasteiger partial charge in [0.2, 0.25) is 0 Å². The number of hydrogen-bond acceptors (Lipinski definition) is 4. The summed E-state index contributed by atoms with van der Waals surface area (Å²) in [7, 11) is 4.77. The van der Waals surface area contributed by atoms with Crippen LogP contribution in [0.4, 0.5) is 0 Å². The second kappa shape index (κ2) is 4.71. The molecule has 1 aromatic carbocycles. The Morgan fingerprint density at radius 3 is 2.07 bits per heavy atom. The smallest absolute Gasteiger partial charge is 0.261 e. The van der Waals surface area contributed by atoms with E-state index in [1.807, 2.05) is 0 Å². The molecule has 0 aliphatic rings. The van der Waals surface area contributed by atoms with Crippen LogP contribution in [0.2, 0.25) is 0 Å². The third kappa shape index (κ3) is 3.35. The second-order valence-corrected chi connectivity index (χ2v) is 7.24. The van der Waals surface area contributed by atoms with E-state index in [1.54, 1.807) is 14.1 Å². The van der Waals surface area contributed by atoms with Crippen LogP contribution >= 0.6 is 10.7 Å². The maximum Gasteiger partial charge on any atom is 0.261 e. The number of rotatable bonds is 3. The molecule has 7 heteroatoms. The zero-order valence-corrected chi connectivity index (χ0v) is 10.6. The predicted molar refractivity (Wildman–Crippen MR) is 59.6 cm³/mol. The number of halogens is 1. The van der Waals surface area contributed by atoms with Crippen LogP contribution in [0.5, 0.6) is 0 Å². The summed E-state index contributed by atoms with van der Waals surface area (Å²) in [6.45, 7) is 0. The van der Waals surface area contributed by atoms with Gasteiger partial charge in [-0.25, -0.2) is 8.42 Å². The Kier molecular flexibility index (Phi) is 4.02. The molecule has 4 nitrogen and oxygen atoms in total. The Hall–Kier alpha value is -0.270. The molecule has 0 aliphatic carbocycles. The Bertz CT molecular complexity index is 430. The summed E-state index contributed by atoms with van der Waals surface area (Å²) in [6, 6.07) is 5.62. The lowest BCUT2D eigenvalue weighted by Crippen LogP contribution is -2.22. The molecule has 0 amide bonds. The summed E-state index contributed by atoms with van der Waals surface area (Å²) in [4.78, 5) is 0.535. The van der Waals surface area contributed by atoms with E-state index in [0.29, 0.717) is 4.90 Å². The van der Waals surface area contributed by atoms with Gasteiger partial charge in [-0.1, -0.05) is 0 Å². The van der Waals surface area contributed by atoms with Crippen LogP contribution in [0.25, 0.3) is 0 Å². The normalized spacial score (nSPS) is 14.2. The van der Waals surface area contributed by atoms with Crippen LogP contribution in [-0.4, -0.2) is 31.4 Å². The zero-order chi connectivity index (χ0) is 11.6. The van der Waals surface area contributed by atoms with Gasteiger partial charge in [-0.2, -0.15) is 0 Å². The first-order valence-electron chi connectivity index (χ1n) is 3.96. The van der Waals surface area contributed by atoms with Gasteiger partial charge in [-0.3, -0.25) is 0 Å². The van der Waals surface area contributed by atoms with Gasteiger partial charge in [-0.15, -0.1) is 4.31 Å². The fourth-order valence-electron chi connectivity index (χ4n) is 0.929. The number of benzene rings is 1. The lowest BCUT2D eigenvalue weighted by molar-refractivity contribution is 0.520. The van der Waals surface area contributed by atoms with Crippen molar-refractivity contribution in [2.24, 2.45) is 0 Å². The molecule has 0 saturated carbocycles. The van der Waals surface area contributed by atoms with Gasteiger partial charge in [0.25, 0.3) is 9.05 Å². The summed E-state index contributed by atoms with van der Waals surface area (Å²) < 4.78 is 34.9. The van der Waals surface area contributed by atoms with Crippen molar-refractivity contribution in [1.82, 2.24) is 4.31 Å². The second-order valence-electron chi connectivity index (χ2n) is 2.97. The van der Waals surface area contributed by atoms with E-state index in [-0.39, 0.29) is 4.90 Å². The van der Waals surface area contributed by atoms with Crippen molar-refractivity contribution >= 4 is 31.1 Å². The van der Waals surface area contributed by atoms with Crippen LogP contribution in [-0.2, 0) is 20.4 Å². The Labute approximate surface area is 96.6 Å². The minimum Gasteiger partial charge on any atom is -0.593 e. The van der Waals surface area contributed by atoms with E-state index in [9.17, 15) is 13.0 Å². The molecular weight excluding hydrogens is 258 g/mol. The summed E-state index contributed by atoms with van der Waals surface area (Å²) in [5.74, 6) is 0. The maximum absolute atomic E-state index is 11.6. The van der Waals surface area contributed by atoms with Gasteiger partial charge < -0.3 is 4.55 Å². The zero-order valence-electron chi connectivity index (χ0n) is 8.18. The topological polar surface area (TPSA) is 60.4 Å². The highest BCUT2D eigenvalue weighted by Gasteiger charge is 2.16. The molecule has 0 spiro atoms. The molecule has 0 radical (unpaired) electrons. The summed E-state index contributed by atoms with van der Waals surface area (Å²) >= 11 is -1.27. The maximum atomic E-state index is 11.6. The summed E-state index contributed by atoms with van der Waals surface area (Å²) in [5.41, 5.74) is 0. The fraction of sp³-hybridized carbons (Fsp3) is 0.250. The van der Waals surface area contributed by atoms with Gasteiger partial charge in [0.15, 0.2) is 4.90 Å². The molecule has 0 aliphatic heterocycles. The van der Waals surface area contributed by atoms with E-state index < -0.39 is 20.4 Å². The number of nitrogens with zero attached hydrogens (tertiary/aromatic N) is 1. The van der Waals surface area contributed by atoms with E-state index in [0.717, 1.165) is 0 Å². The third-order valence-electron chi connectivity index (χ3n) is 1.64. The standard InChI is InChI=1S/C8H10ClNO3S2/c1-10(2)14(11)7-3-5-8(6-4-7)15(9,12)13/h3-6H,1-2H3. The first kappa shape index (κ1) is 12.8. The van der Waals surface area contributed by atoms with Crippen molar-refractivity contribution in [2.45, 2.75) is 9.79 Å². The molecule has 1 aromatic rings. The Morgan fingerprint density at radius 1 is 1.27 bits per heavy atom. The van der Waals surface area contributed by atoms with Crippen LogP contribution in [0.15, 0.2) is 34.1 Å². The molecule has 1 atom stereocenters. The quantitative estimate of drug-likeness (QED) is 0.610. The summed E-state index contributed by atoms with van der Waals surface area (Å²) in [5, 5.41) is 0. The average Bonchev–Trinajstić information content (AvgIpc) is 2.15. The lowest BCUT2D eigenvalue weighted by Gasteiger charge is -2.14. The van der Waals surface area contributed by atoms with E-state index >= 15 is 0 Å². The molecule has 84 valence electrons. The fourth-order valence-corrected chi connectivity index (χ4v) is 2.49. The highest BCUT2D eigenvalue weighted by atomic mass is 35.7. The van der Waals surface area contributed by atoms with Crippen LogP contribution in [0.1, 0.15) is 0 Å². The van der Waals surface area contributed by atoms with Gasteiger partial charge in [0.05, 0.1) is 16.3 Å². The minimum atomic E-state index is -3.71. The molecule has 15 heavy (non-hydrogen) atoms. The van der Waals surface area contributed by atoms with Crippen LogP contribution < -0.4 is 0 Å². The lowest BCUT2D eigenvalue weighted by atomic mass is 10.4. The van der Waals surface area contributed by atoms with Crippen LogP contribution in [0.3, 0.4) is 0 Å². The molecule has 0 aromatic heterocycles. The van der Waals surface area contributed by atoms with Gasteiger partial charge >= 0.3 is 0 Å². The average molecular weight is 268 g/mol. The Balaban J connectivity index is 3.01. The molecule has 0 N–H and O–H groups in total. The van der Waals surface area contributed by atoms with E-state index in [2.05, 4.69) is 0 Å². The van der Waals surface area contributed by atoms with Crippen molar-refractivity contribution in [3.05, 3.63) is 24.3 Å². The van der Waals surface area contributed by atoms with Crippen molar-refractivity contribution in [3.63, 3.8) is 0 Å². The molecule has 0 fully saturated rings. The Morgan fingerprint density at radius 2 is 1.73 bits per heavy atom. The molecule has 0 saturated heterocycles. The van der Waals surface area contributed by atoms with Gasteiger partial charge in [0.1, 0.15) is 0 Å². The van der Waals surface area contributed by atoms with Crippen molar-refractivity contribution in [1.29, 1.82) is 0 Å². The van der Waals surface area contributed by atoms with E-state index in [4.69, 9.17) is 10.7 Å². The molecule has 1 unspecified atom stereocenters. The van der Waals surface area contributed by atoms with Gasteiger partial charge in [-0.05, 0) is 24.3 Å². The summed E-state index contributed by atoms with van der Waals surface area (Å²) in [6.07, 6.45) is 0. The number of hydrogen-bond donors (Lipinski definition) is 0. The van der Waals surface area contributed by atoms with Crippen LogP contribution in [0, 0.1) is 0 Å². The molecule has 1 rings (SSSR count). The van der Waals surface area contributed by atoms with Crippen molar-refractivity contribution < 1.29 is 13.0 Å². The highest BCUT2D eigenvalue weighted by Crippen LogP contribution is 2.19. The van der Waals surface area contributed by atoms with E-state index in [1.165, 1.54) is 28.6 Å². The van der Waals surface area contributed by atoms with Gasteiger partial charge in [0, 0.05) is 24.8 Å². The highest BCUT2D eigenvalue weighted by molar-refractivity contribution is 8.13. The molecular formula is C8H10ClNO3S2. The SMILES string of the molecule is CN(C)[S+]([O-])c1ccc(S(=O)(=O)Cl)cc1. The molecule has 0 heterocycles.